The lowest BCUT2D eigenvalue weighted by atomic mass is 10.1. The van der Waals surface area contributed by atoms with E-state index in [9.17, 15) is 13.2 Å². The Labute approximate surface area is 101 Å². The number of nitrogens with one attached hydrogen (secondary N) is 1. The van der Waals surface area contributed by atoms with Crippen molar-refractivity contribution in [2.75, 3.05) is 5.43 Å². The number of nitrogens with two attached hydrogens (primary N) is 1. The molecule has 1 aromatic carbocycles. The first-order valence-corrected chi connectivity index (χ1v) is 5.11. The molecule has 3 nitrogen and oxygen atoms in total. The molecule has 0 bridgehead atoms. The molecule has 1 heterocycles. The van der Waals surface area contributed by atoms with Crippen LogP contribution in [0.4, 0.5) is 18.9 Å². The summed E-state index contributed by atoms with van der Waals surface area (Å²) in [6, 6.07) is 8.20. The maximum absolute atomic E-state index is 12.6. The third-order valence-electron chi connectivity index (χ3n) is 2.41. The molecule has 0 aliphatic rings. The molecule has 0 aliphatic carbocycles. The standard InChI is InChI=1S/C12H10F3N3/c13-12(14,15)9-3-1-2-8(6-9)11-7-10(18-16)4-5-17-11/h1-7H,16H2,(H,17,18). The van der Waals surface area contributed by atoms with Gasteiger partial charge in [0.15, 0.2) is 0 Å². The molecular weight excluding hydrogens is 243 g/mol. The van der Waals surface area contributed by atoms with E-state index in [2.05, 4.69) is 10.4 Å². The molecule has 3 N–H and O–H groups in total. The van der Waals surface area contributed by atoms with Gasteiger partial charge in [-0.2, -0.15) is 13.2 Å². The van der Waals surface area contributed by atoms with Crippen LogP contribution in [0.5, 0.6) is 0 Å². The summed E-state index contributed by atoms with van der Waals surface area (Å²) in [6.07, 6.45) is -2.88. The van der Waals surface area contributed by atoms with Crippen LogP contribution in [0, 0.1) is 0 Å². The zero-order valence-corrected chi connectivity index (χ0v) is 9.20. The highest BCUT2D eigenvalue weighted by atomic mass is 19.4. The van der Waals surface area contributed by atoms with Crippen molar-refractivity contribution in [3.8, 4) is 11.3 Å². The van der Waals surface area contributed by atoms with Gasteiger partial charge in [-0.3, -0.25) is 10.8 Å². The molecule has 1 aromatic heterocycles. The van der Waals surface area contributed by atoms with Crippen LogP contribution in [0.25, 0.3) is 11.3 Å². The second kappa shape index (κ2) is 4.66. The molecule has 0 spiro atoms. The predicted molar refractivity (Wildman–Crippen MR) is 62.5 cm³/mol. The third-order valence-corrected chi connectivity index (χ3v) is 2.41. The quantitative estimate of drug-likeness (QED) is 0.638. The predicted octanol–water partition coefficient (Wildman–Crippen LogP) is 3.05. The molecule has 0 amide bonds. The van der Waals surface area contributed by atoms with Gasteiger partial charge in [-0.15, -0.1) is 0 Å². The number of halogens is 3. The SMILES string of the molecule is NNc1ccnc(-c2cccc(C(F)(F)F)c2)c1. The summed E-state index contributed by atoms with van der Waals surface area (Å²) < 4.78 is 37.7. The molecule has 0 saturated heterocycles. The number of hydrazine groups is 1. The van der Waals surface area contributed by atoms with Crippen LogP contribution in [0.15, 0.2) is 42.6 Å². The van der Waals surface area contributed by atoms with E-state index in [1.165, 1.54) is 12.3 Å². The molecule has 0 aliphatic heterocycles. The Hall–Kier alpha value is -2.08. The lowest BCUT2D eigenvalue weighted by Gasteiger charge is -2.09. The number of pyridine rings is 1. The van der Waals surface area contributed by atoms with Gasteiger partial charge in [-0.1, -0.05) is 12.1 Å². The van der Waals surface area contributed by atoms with Crippen LogP contribution >= 0.6 is 0 Å². The first-order chi connectivity index (χ1) is 8.50. The largest absolute Gasteiger partial charge is 0.416 e. The average Bonchev–Trinajstić information content (AvgIpc) is 2.38. The lowest BCUT2D eigenvalue weighted by molar-refractivity contribution is -0.137. The zero-order chi connectivity index (χ0) is 13.2. The van der Waals surface area contributed by atoms with E-state index in [0.717, 1.165) is 12.1 Å². The van der Waals surface area contributed by atoms with E-state index < -0.39 is 11.7 Å². The number of aromatic nitrogens is 1. The van der Waals surface area contributed by atoms with Crippen molar-refractivity contribution in [2.45, 2.75) is 6.18 Å². The van der Waals surface area contributed by atoms with Gasteiger partial charge in [0.05, 0.1) is 16.9 Å². The van der Waals surface area contributed by atoms with E-state index in [-0.39, 0.29) is 0 Å². The minimum Gasteiger partial charge on any atom is -0.324 e. The average molecular weight is 253 g/mol. The third kappa shape index (κ3) is 2.60. The van der Waals surface area contributed by atoms with Crippen molar-refractivity contribution in [1.82, 2.24) is 4.98 Å². The summed E-state index contributed by atoms with van der Waals surface area (Å²) in [4.78, 5) is 4.02. The fourth-order valence-corrected chi connectivity index (χ4v) is 1.53. The van der Waals surface area contributed by atoms with Crippen LogP contribution in [0.2, 0.25) is 0 Å². The van der Waals surface area contributed by atoms with Gasteiger partial charge in [0.25, 0.3) is 0 Å². The van der Waals surface area contributed by atoms with E-state index in [4.69, 9.17) is 5.84 Å². The topological polar surface area (TPSA) is 50.9 Å². The maximum Gasteiger partial charge on any atom is 0.416 e. The number of alkyl halides is 3. The number of hydrogen-bond acceptors (Lipinski definition) is 3. The number of anilines is 1. The van der Waals surface area contributed by atoms with Gasteiger partial charge >= 0.3 is 6.18 Å². The van der Waals surface area contributed by atoms with E-state index in [0.29, 0.717) is 16.9 Å². The molecular formula is C12H10F3N3. The molecule has 94 valence electrons. The summed E-state index contributed by atoms with van der Waals surface area (Å²) in [5.41, 5.74) is 3.12. The number of nitrogen functional groups attached to an aromatic ring is 1. The molecule has 2 aromatic rings. The minimum atomic E-state index is -4.36. The van der Waals surface area contributed by atoms with Crippen LogP contribution in [0.1, 0.15) is 5.56 Å². The second-order valence-corrected chi connectivity index (χ2v) is 3.65. The van der Waals surface area contributed by atoms with Gasteiger partial charge in [0.1, 0.15) is 0 Å². The van der Waals surface area contributed by atoms with E-state index in [1.54, 1.807) is 18.2 Å². The van der Waals surface area contributed by atoms with Crippen LogP contribution in [-0.2, 0) is 6.18 Å². The highest BCUT2D eigenvalue weighted by Gasteiger charge is 2.30. The van der Waals surface area contributed by atoms with Crippen molar-refractivity contribution < 1.29 is 13.2 Å². The molecule has 0 unspecified atom stereocenters. The summed E-state index contributed by atoms with van der Waals surface area (Å²) >= 11 is 0. The Morgan fingerprint density at radius 3 is 2.56 bits per heavy atom. The van der Waals surface area contributed by atoms with Gasteiger partial charge in [0, 0.05) is 11.8 Å². The Morgan fingerprint density at radius 1 is 1.11 bits per heavy atom. The van der Waals surface area contributed by atoms with Gasteiger partial charge in [-0.25, -0.2) is 0 Å². The molecule has 2 rings (SSSR count). The fourth-order valence-electron chi connectivity index (χ4n) is 1.53. The van der Waals surface area contributed by atoms with E-state index >= 15 is 0 Å². The summed E-state index contributed by atoms with van der Waals surface area (Å²) in [5.74, 6) is 5.24. The van der Waals surface area contributed by atoms with Crippen molar-refractivity contribution in [2.24, 2.45) is 5.84 Å². The van der Waals surface area contributed by atoms with Crippen molar-refractivity contribution in [3.63, 3.8) is 0 Å². The summed E-state index contributed by atoms with van der Waals surface area (Å²) in [6.45, 7) is 0. The van der Waals surface area contributed by atoms with Crippen LogP contribution < -0.4 is 11.3 Å². The smallest absolute Gasteiger partial charge is 0.324 e. The first-order valence-electron chi connectivity index (χ1n) is 5.11. The number of benzene rings is 1. The first kappa shape index (κ1) is 12.4. The maximum atomic E-state index is 12.6. The van der Waals surface area contributed by atoms with Gasteiger partial charge < -0.3 is 5.43 Å². The number of nitrogens with zero attached hydrogens (tertiary/aromatic N) is 1. The molecule has 6 heteroatoms. The Bertz CT molecular complexity index is 552. The lowest BCUT2D eigenvalue weighted by Crippen LogP contribution is -2.07. The molecule has 0 atom stereocenters. The Morgan fingerprint density at radius 2 is 1.89 bits per heavy atom. The molecule has 0 radical (unpaired) electrons. The monoisotopic (exact) mass is 253 g/mol. The Balaban J connectivity index is 2.44. The molecule has 0 fully saturated rings. The van der Waals surface area contributed by atoms with E-state index in [1.807, 2.05) is 0 Å². The zero-order valence-electron chi connectivity index (χ0n) is 9.20. The second-order valence-electron chi connectivity index (χ2n) is 3.65. The highest BCUT2D eigenvalue weighted by Crippen LogP contribution is 2.31. The van der Waals surface area contributed by atoms with Crippen molar-refractivity contribution in [3.05, 3.63) is 48.2 Å². The van der Waals surface area contributed by atoms with Crippen LogP contribution in [-0.4, -0.2) is 4.98 Å². The molecule has 18 heavy (non-hydrogen) atoms. The van der Waals surface area contributed by atoms with Crippen molar-refractivity contribution in [1.29, 1.82) is 0 Å². The summed E-state index contributed by atoms with van der Waals surface area (Å²) in [5, 5.41) is 0. The minimum absolute atomic E-state index is 0.391. The fraction of sp³-hybridized carbons (Fsp3) is 0.0833. The number of hydrogen-bond donors (Lipinski definition) is 2. The summed E-state index contributed by atoms with van der Waals surface area (Å²) in [7, 11) is 0. The van der Waals surface area contributed by atoms with Crippen molar-refractivity contribution >= 4 is 5.69 Å². The Kier molecular flexibility index (Phi) is 3.20. The van der Waals surface area contributed by atoms with Gasteiger partial charge in [-0.05, 0) is 24.3 Å². The molecule has 0 saturated carbocycles. The highest BCUT2D eigenvalue weighted by molar-refractivity contribution is 5.64. The normalized spacial score (nSPS) is 11.3. The van der Waals surface area contributed by atoms with Crippen LogP contribution in [0.3, 0.4) is 0 Å². The number of rotatable bonds is 2. The van der Waals surface area contributed by atoms with Gasteiger partial charge in [0.2, 0.25) is 0 Å².